The van der Waals surface area contributed by atoms with Crippen molar-refractivity contribution in [3.63, 3.8) is 0 Å². The molecule has 1 aromatic heterocycles. The van der Waals surface area contributed by atoms with Gasteiger partial charge in [-0.3, -0.25) is 9.48 Å². The lowest BCUT2D eigenvalue weighted by Crippen LogP contribution is -2.30. The van der Waals surface area contributed by atoms with Crippen LogP contribution in [0.2, 0.25) is 0 Å². The Morgan fingerprint density at radius 2 is 2.24 bits per heavy atom. The second-order valence-corrected chi connectivity index (χ2v) is 4.14. The van der Waals surface area contributed by atoms with Gasteiger partial charge in [-0.05, 0) is 11.6 Å². The minimum atomic E-state index is 0.359. The minimum Gasteiger partial charge on any atom is -0.377 e. The molecule has 1 aliphatic rings. The third kappa shape index (κ3) is 1.87. The molecule has 0 saturated carbocycles. The van der Waals surface area contributed by atoms with Crippen LogP contribution in [0.4, 0.5) is 0 Å². The molecule has 0 bridgehead atoms. The molecule has 0 N–H and O–H groups in total. The third-order valence-corrected chi connectivity index (χ3v) is 2.95. The third-order valence-electron chi connectivity index (χ3n) is 2.95. The van der Waals surface area contributed by atoms with Crippen LogP contribution in [0.25, 0.3) is 11.1 Å². The van der Waals surface area contributed by atoms with Gasteiger partial charge >= 0.3 is 0 Å². The van der Waals surface area contributed by atoms with Crippen molar-refractivity contribution >= 4 is 6.29 Å². The van der Waals surface area contributed by atoms with Gasteiger partial charge in [-0.1, -0.05) is 18.2 Å². The van der Waals surface area contributed by atoms with Crippen molar-refractivity contribution in [2.45, 2.75) is 6.04 Å². The topological polar surface area (TPSA) is 44.1 Å². The summed E-state index contributed by atoms with van der Waals surface area (Å²) >= 11 is 0. The number of ether oxygens (including phenoxy) is 1. The first-order valence-electron chi connectivity index (χ1n) is 5.54. The van der Waals surface area contributed by atoms with Crippen LogP contribution in [0.5, 0.6) is 0 Å². The van der Waals surface area contributed by atoms with Crippen molar-refractivity contribution in [2.75, 3.05) is 13.2 Å². The van der Waals surface area contributed by atoms with Crippen molar-refractivity contribution in [1.29, 1.82) is 0 Å². The maximum Gasteiger partial charge on any atom is 0.150 e. The summed E-state index contributed by atoms with van der Waals surface area (Å²) < 4.78 is 7.06. The van der Waals surface area contributed by atoms with Gasteiger partial charge in [0.25, 0.3) is 0 Å². The average Bonchev–Trinajstić information content (AvgIpc) is 2.76. The summed E-state index contributed by atoms with van der Waals surface area (Å²) in [6.45, 7) is 1.46. The number of aldehydes is 1. The van der Waals surface area contributed by atoms with E-state index in [2.05, 4.69) is 5.10 Å². The molecule has 0 atom stereocenters. The lowest BCUT2D eigenvalue weighted by atomic mass is 10.1. The Labute approximate surface area is 98.8 Å². The predicted molar refractivity (Wildman–Crippen MR) is 62.9 cm³/mol. The first kappa shape index (κ1) is 10.2. The standard InChI is InChI=1S/C13H12N2O2/c16-7-10-2-1-3-11(4-10)12-5-14-15(6-12)13-8-17-9-13/h1-7,13H,8-9H2. The van der Waals surface area contributed by atoms with E-state index in [1.54, 1.807) is 6.07 Å². The highest BCUT2D eigenvalue weighted by Gasteiger charge is 2.21. The molecule has 0 aliphatic carbocycles. The number of carbonyl (C=O) groups excluding carboxylic acids is 1. The lowest BCUT2D eigenvalue weighted by molar-refractivity contribution is -0.0286. The Balaban J connectivity index is 1.91. The first-order chi connectivity index (χ1) is 8.36. The fourth-order valence-electron chi connectivity index (χ4n) is 1.85. The van der Waals surface area contributed by atoms with Crippen LogP contribution in [0.1, 0.15) is 16.4 Å². The van der Waals surface area contributed by atoms with Gasteiger partial charge in [0.05, 0.1) is 25.5 Å². The lowest BCUT2D eigenvalue weighted by Gasteiger charge is -2.25. The highest BCUT2D eigenvalue weighted by molar-refractivity contribution is 5.78. The molecular formula is C13H12N2O2. The zero-order chi connectivity index (χ0) is 11.7. The van der Waals surface area contributed by atoms with Gasteiger partial charge in [-0.25, -0.2) is 0 Å². The highest BCUT2D eigenvalue weighted by atomic mass is 16.5. The molecule has 0 amide bonds. The summed E-state index contributed by atoms with van der Waals surface area (Å²) in [7, 11) is 0. The molecule has 86 valence electrons. The van der Waals surface area contributed by atoms with E-state index in [1.807, 2.05) is 35.3 Å². The number of hydrogen-bond acceptors (Lipinski definition) is 3. The number of carbonyl (C=O) groups is 1. The van der Waals surface area contributed by atoms with Gasteiger partial charge in [-0.15, -0.1) is 0 Å². The van der Waals surface area contributed by atoms with E-state index in [0.717, 1.165) is 30.6 Å². The van der Waals surface area contributed by atoms with Crippen molar-refractivity contribution in [1.82, 2.24) is 9.78 Å². The molecule has 4 heteroatoms. The van der Waals surface area contributed by atoms with Crippen LogP contribution in [0, 0.1) is 0 Å². The smallest absolute Gasteiger partial charge is 0.150 e. The SMILES string of the molecule is O=Cc1cccc(-c2cnn(C3COC3)c2)c1. The van der Waals surface area contributed by atoms with Crippen LogP contribution in [-0.4, -0.2) is 29.3 Å². The number of rotatable bonds is 3. The van der Waals surface area contributed by atoms with Crippen molar-refractivity contribution in [3.05, 3.63) is 42.2 Å². The van der Waals surface area contributed by atoms with Gasteiger partial charge < -0.3 is 4.74 Å². The first-order valence-corrected chi connectivity index (χ1v) is 5.54. The van der Waals surface area contributed by atoms with E-state index in [1.165, 1.54) is 0 Å². The molecule has 0 radical (unpaired) electrons. The maximum atomic E-state index is 10.7. The second kappa shape index (κ2) is 4.14. The van der Waals surface area contributed by atoms with Gasteiger partial charge in [-0.2, -0.15) is 5.10 Å². The normalized spacial score (nSPS) is 15.5. The fraction of sp³-hybridized carbons (Fsp3) is 0.231. The Kier molecular flexibility index (Phi) is 2.49. The summed E-state index contributed by atoms with van der Waals surface area (Å²) in [6, 6.07) is 7.87. The van der Waals surface area contributed by atoms with Gasteiger partial charge in [0, 0.05) is 17.3 Å². The number of benzene rings is 1. The summed E-state index contributed by atoms with van der Waals surface area (Å²) in [5.41, 5.74) is 2.73. The fourth-order valence-corrected chi connectivity index (χ4v) is 1.85. The Hall–Kier alpha value is -1.94. The van der Waals surface area contributed by atoms with E-state index < -0.39 is 0 Å². The van der Waals surface area contributed by atoms with Gasteiger partial charge in [0.1, 0.15) is 6.29 Å². The minimum absolute atomic E-state index is 0.359. The Morgan fingerprint density at radius 3 is 2.94 bits per heavy atom. The molecule has 0 spiro atoms. The maximum absolute atomic E-state index is 10.7. The molecule has 17 heavy (non-hydrogen) atoms. The number of aromatic nitrogens is 2. The number of hydrogen-bond donors (Lipinski definition) is 0. The van der Waals surface area contributed by atoms with E-state index in [9.17, 15) is 4.79 Å². The Morgan fingerprint density at radius 1 is 1.35 bits per heavy atom. The summed E-state index contributed by atoms with van der Waals surface area (Å²) in [5, 5.41) is 4.32. The van der Waals surface area contributed by atoms with Crippen LogP contribution in [0.15, 0.2) is 36.7 Å². The van der Waals surface area contributed by atoms with E-state index >= 15 is 0 Å². The molecule has 1 saturated heterocycles. The van der Waals surface area contributed by atoms with Crippen molar-refractivity contribution < 1.29 is 9.53 Å². The average molecular weight is 228 g/mol. The van der Waals surface area contributed by atoms with E-state index in [0.29, 0.717) is 11.6 Å². The molecule has 1 aliphatic heterocycles. The zero-order valence-electron chi connectivity index (χ0n) is 9.24. The molecule has 1 fully saturated rings. The molecule has 4 nitrogen and oxygen atoms in total. The van der Waals surface area contributed by atoms with E-state index in [4.69, 9.17) is 4.74 Å². The second-order valence-electron chi connectivity index (χ2n) is 4.14. The van der Waals surface area contributed by atoms with Crippen molar-refractivity contribution in [2.24, 2.45) is 0 Å². The highest BCUT2D eigenvalue weighted by Crippen LogP contribution is 2.23. The van der Waals surface area contributed by atoms with Crippen molar-refractivity contribution in [3.8, 4) is 11.1 Å². The quantitative estimate of drug-likeness (QED) is 0.754. The molecular weight excluding hydrogens is 216 g/mol. The molecule has 1 aromatic carbocycles. The Bertz CT molecular complexity index is 544. The van der Waals surface area contributed by atoms with E-state index in [-0.39, 0.29) is 0 Å². The summed E-state index contributed by atoms with van der Waals surface area (Å²) in [5.74, 6) is 0. The zero-order valence-corrected chi connectivity index (χ0v) is 9.24. The molecule has 0 unspecified atom stereocenters. The molecule has 2 heterocycles. The molecule has 3 rings (SSSR count). The van der Waals surface area contributed by atoms with Crippen LogP contribution in [0.3, 0.4) is 0 Å². The molecule has 2 aromatic rings. The number of nitrogens with zero attached hydrogens (tertiary/aromatic N) is 2. The van der Waals surface area contributed by atoms with Crippen LogP contribution in [-0.2, 0) is 4.74 Å². The monoisotopic (exact) mass is 228 g/mol. The largest absolute Gasteiger partial charge is 0.377 e. The van der Waals surface area contributed by atoms with Crippen LogP contribution < -0.4 is 0 Å². The van der Waals surface area contributed by atoms with Crippen LogP contribution >= 0.6 is 0 Å². The van der Waals surface area contributed by atoms with Gasteiger partial charge in [0.2, 0.25) is 0 Å². The van der Waals surface area contributed by atoms with Gasteiger partial charge in [0.15, 0.2) is 0 Å². The summed E-state index contributed by atoms with van der Waals surface area (Å²) in [6.07, 6.45) is 4.67. The predicted octanol–water partition coefficient (Wildman–Crippen LogP) is 1.93. The summed E-state index contributed by atoms with van der Waals surface area (Å²) in [4.78, 5) is 10.7.